The van der Waals surface area contributed by atoms with E-state index in [0.717, 1.165) is 19.3 Å². The third-order valence-corrected chi connectivity index (χ3v) is 12.8. The second-order valence-corrected chi connectivity index (χ2v) is 16.5. The van der Waals surface area contributed by atoms with Gasteiger partial charge in [0.25, 0.3) is 0 Å². The van der Waals surface area contributed by atoms with E-state index in [2.05, 4.69) is 194 Å². The van der Waals surface area contributed by atoms with Crippen molar-refractivity contribution in [1.29, 1.82) is 0 Å². The van der Waals surface area contributed by atoms with Gasteiger partial charge >= 0.3 is 0 Å². The van der Waals surface area contributed by atoms with Crippen LogP contribution in [-0.4, -0.2) is 0 Å². The van der Waals surface area contributed by atoms with Crippen molar-refractivity contribution in [3.05, 3.63) is 357 Å². The van der Waals surface area contributed by atoms with Crippen LogP contribution in [0.5, 0.6) is 0 Å². The minimum atomic E-state index is -0.381. The minimum absolute atomic E-state index is 0. The van der Waals surface area contributed by atoms with Crippen LogP contribution in [0.1, 0.15) is 258 Å². The molecule has 10 aromatic carbocycles. The maximum Gasteiger partial charge on any atom is 0.0259 e. The fourth-order valence-corrected chi connectivity index (χ4v) is 10.1. The molecule has 0 saturated heterocycles. The summed E-state index contributed by atoms with van der Waals surface area (Å²) < 4.78 is 0. The Balaban J connectivity index is -0.000000208. The second kappa shape index (κ2) is 69.8. The SMILES string of the molecule is CC.CC.CC.CC.CC.CC.CC.CC.CC.CC.CC.CC.CC.[Y].[Y].[Y].[c-]1ccccc1C1(c2[c-]cccc2)c2ccccc2Cc2ccccc21.[c-]1ccccc1C1(c2[c-]cccc2)c2ccccc2Cc2ccccc21.[c-]1ccccc1Cc1[c-]cccc1. The molecule has 0 unspecified atom stereocenters. The molecule has 3 radical (unpaired) electrons. The zero-order valence-electron chi connectivity index (χ0n) is 63.9. The van der Waals surface area contributed by atoms with E-state index in [4.69, 9.17) is 0 Å². The van der Waals surface area contributed by atoms with E-state index in [1.54, 1.807) is 0 Å². The smallest absolute Gasteiger partial charge is 0.0259 e. The summed E-state index contributed by atoms with van der Waals surface area (Å²) in [6.45, 7) is 52.0. The summed E-state index contributed by atoms with van der Waals surface area (Å²) in [5.41, 5.74) is 17.2. The van der Waals surface area contributed by atoms with E-state index in [1.165, 1.54) is 77.9 Å². The molecule has 0 saturated carbocycles. The molecule has 0 N–H and O–H groups in total. The summed E-state index contributed by atoms with van der Waals surface area (Å²) in [6, 6.07) is 105. The van der Waals surface area contributed by atoms with Gasteiger partial charge < -0.3 is 0 Å². The summed E-state index contributed by atoms with van der Waals surface area (Å²) in [5, 5.41) is 0. The summed E-state index contributed by atoms with van der Waals surface area (Å²) in [4.78, 5) is 0. The summed E-state index contributed by atoms with van der Waals surface area (Å²) in [7, 11) is 0. The molecule has 10 aromatic rings. The van der Waals surface area contributed by atoms with Crippen molar-refractivity contribution in [2.24, 2.45) is 0 Å². The number of hydrogen-bond acceptors (Lipinski definition) is 0. The topological polar surface area (TPSA) is 0 Å². The van der Waals surface area contributed by atoms with Gasteiger partial charge in [-0.1, -0.05) is 277 Å². The predicted octanol–water partition coefficient (Wildman–Crippen LogP) is 27.4. The van der Waals surface area contributed by atoms with Crippen molar-refractivity contribution in [1.82, 2.24) is 0 Å². The van der Waals surface area contributed by atoms with Crippen LogP contribution in [0.15, 0.2) is 243 Å². The van der Waals surface area contributed by atoms with Gasteiger partial charge in [0, 0.05) is 109 Å². The van der Waals surface area contributed by atoms with Crippen LogP contribution in [-0.2, 0) is 128 Å². The van der Waals surface area contributed by atoms with Gasteiger partial charge in [0.1, 0.15) is 0 Å². The van der Waals surface area contributed by atoms with Crippen LogP contribution < -0.4 is 0 Å². The Morgan fingerprint density at radius 3 is 0.553 bits per heavy atom. The van der Waals surface area contributed by atoms with E-state index in [-0.39, 0.29) is 109 Å². The van der Waals surface area contributed by atoms with Gasteiger partial charge in [-0.25, -0.2) is 0 Å². The van der Waals surface area contributed by atoms with E-state index >= 15 is 0 Å². The molecule has 0 amide bonds. The Morgan fingerprint density at radius 2 is 0.383 bits per heavy atom. The van der Waals surface area contributed by atoms with Gasteiger partial charge in [0.15, 0.2) is 0 Å². The van der Waals surface area contributed by atoms with E-state index < -0.39 is 0 Å². The molecular formula is C91H124Y3-6. The normalized spacial score (nSPS) is 10.1. The summed E-state index contributed by atoms with van der Waals surface area (Å²) in [5.74, 6) is 0. The van der Waals surface area contributed by atoms with Crippen molar-refractivity contribution >= 4 is 0 Å². The van der Waals surface area contributed by atoms with Crippen LogP contribution in [0.3, 0.4) is 0 Å². The van der Waals surface area contributed by atoms with Crippen LogP contribution in [0, 0.1) is 36.4 Å². The predicted molar refractivity (Wildman–Crippen MR) is 411 cm³/mol. The zero-order valence-corrected chi connectivity index (χ0v) is 72.5. The third-order valence-electron chi connectivity index (χ3n) is 12.8. The molecule has 12 rings (SSSR count). The van der Waals surface area contributed by atoms with Crippen LogP contribution >= 0.6 is 0 Å². The summed E-state index contributed by atoms with van der Waals surface area (Å²) >= 11 is 0. The van der Waals surface area contributed by atoms with Gasteiger partial charge in [0.05, 0.1) is 0 Å². The standard InChI is InChI=1S/2C26H18.C13H10.13C2H6.3Y/c2*1-3-13-22(14-4-1)26(23-15-5-2-6-16-23)24-17-9-7-11-20(24)19-21-12-8-10-18-25(21)26;1-3-7-12(8-4-1)11-13-9-5-2-6-10-13;13*1-2;;;/h2*1-13,15,17-18H,19H2;1-7,9H,11H2;13*1-2H3;;;/q3*-2;;;;;;;;;;;;;;;;. The molecule has 3 heteroatoms. The van der Waals surface area contributed by atoms with Crippen molar-refractivity contribution < 1.29 is 98.1 Å². The van der Waals surface area contributed by atoms with Gasteiger partial charge in [0.2, 0.25) is 0 Å². The molecule has 0 aromatic heterocycles. The number of fused-ring (bicyclic) bond motifs is 4. The first-order valence-electron chi connectivity index (χ1n) is 35.4. The molecule has 2 aliphatic carbocycles. The van der Waals surface area contributed by atoms with Gasteiger partial charge in [-0.3, -0.25) is 0 Å². The molecule has 0 spiro atoms. The molecule has 0 fully saturated rings. The van der Waals surface area contributed by atoms with Gasteiger partial charge in [-0.05, 0) is 63.8 Å². The van der Waals surface area contributed by atoms with Crippen molar-refractivity contribution in [2.75, 3.05) is 0 Å². The van der Waals surface area contributed by atoms with Crippen LogP contribution in [0.25, 0.3) is 0 Å². The monoisotopic (exact) mass is 1480 g/mol. The second-order valence-electron chi connectivity index (χ2n) is 16.5. The Hall–Kier alpha value is -4.49. The first-order chi connectivity index (χ1) is 45.3. The molecule has 2 aliphatic rings. The largest absolute Gasteiger partial charge is 0.180 e. The van der Waals surface area contributed by atoms with Crippen molar-refractivity contribution in [3.8, 4) is 0 Å². The molecule has 0 heterocycles. The Kier molecular flexibility index (Phi) is 76.5. The van der Waals surface area contributed by atoms with E-state index in [0.29, 0.717) is 0 Å². The third kappa shape index (κ3) is 30.1. The molecule has 503 valence electrons. The molecular weight excluding hydrogens is 1360 g/mol. The molecule has 0 nitrogen and oxygen atoms in total. The Morgan fingerprint density at radius 1 is 0.213 bits per heavy atom. The maximum atomic E-state index is 3.54. The van der Waals surface area contributed by atoms with Crippen molar-refractivity contribution in [3.63, 3.8) is 0 Å². The summed E-state index contributed by atoms with van der Waals surface area (Å²) in [6.07, 6.45) is 2.85. The Labute approximate surface area is 657 Å². The quantitative estimate of drug-likeness (QED) is 0.146. The average Bonchev–Trinajstić information content (AvgIpc) is 0.723. The fraction of sp³-hybridized carbons (Fsp3) is 0.341. The van der Waals surface area contributed by atoms with E-state index in [9.17, 15) is 0 Å². The number of benzene rings is 10. The number of rotatable bonds is 6. The first kappa shape index (κ1) is 103. The Bertz CT molecular complexity index is 2710. The average molecular weight is 1480 g/mol. The fourth-order valence-electron chi connectivity index (χ4n) is 10.1. The van der Waals surface area contributed by atoms with Crippen LogP contribution in [0.4, 0.5) is 0 Å². The molecule has 0 atom stereocenters. The molecule has 0 bridgehead atoms. The molecule has 94 heavy (non-hydrogen) atoms. The van der Waals surface area contributed by atoms with Crippen molar-refractivity contribution in [2.45, 2.75) is 210 Å². The minimum Gasteiger partial charge on any atom is -0.180 e. The molecule has 0 aliphatic heterocycles. The van der Waals surface area contributed by atoms with E-state index in [1.807, 2.05) is 265 Å². The zero-order chi connectivity index (χ0) is 69.7. The first-order valence-corrected chi connectivity index (χ1v) is 35.4. The van der Waals surface area contributed by atoms with Crippen LogP contribution in [0.2, 0.25) is 0 Å². The maximum absolute atomic E-state index is 3.54. The number of hydrogen-bond donors (Lipinski definition) is 0. The van der Waals surface area contributed by atoms with Gasteiger partial charge in [-0.2, -0.15) is 193 Å². The van der Waals surface area contributed by atoms with Gasteiger partial charge in [-0.15, -0.1) is 22.3 Å².